The lowest BCUT2D eigenvalue weighted by atomic mass is 10.2. The Hall–Kier alpha value is -0.153. The molecule has 0 aliphatic heterocycles. The van der Waals surface area contributed by atoms with E-state index in [9.17, 15) is 9.32 Å². The molecule has 0 aliphatic carbocycles. The van der Waals surface area contributed by atoms with Gasteiger partial charge in [0.05, 0.1) is 21.8 Å². The Kier molecular flexibility index (Phi) is 6.09. The number of aliphatic hydroxyl groups is 1. The van der Waals surface area contributed by atoms with Crippen molar-refractivity contribution < 1.29 is 9.32 Å². The smallest absolute Gasteiger partial charge is 0.130 e. The molecule has 1 unspecified atom stereocenters. The average Bonchev–Trinajstić information content (AvgIpc) is 2.11. The standard InChI is InChI=1S/C12H25NO2SSi/c1-10(13-16(15)12(2,3)4)11(14)8-9-17(5,6)7/h10-11,13-14H,1-7H3/t10-,11+,16?/m0/s1. The van der Waals surface area contributed by atoms with Crippen LogP contribution in [0.2, 0.25) is 19.6 Å². The maximum Gasteiger partial charge on any atom is 0.130 e. The van der Waals surface area contributed by atoms with Gasteiger partial charge in [-0.25, -0.2) is 8.93 Å². The molecule has 0 saturated carbocycles. The third-order valence-electron chi connectivity index (χ3n) is 1.92. The molecule has 3 nitrogen and oxygen atoms in total. The number of nitrogens with one attached hydrogen (secondary N) is 1. The molecule has 0 rings (SSSR count). The Bertz CT molecular complexity index is 333. The Labute approximate surface area is 109 Å². The van der Waals surface area contributed by atoms with Crippen molar-refractivity contribution in [2.75, 3.05) is 0 Å². The van der Waals surface area contributed by atoms with Crippen LogP contribution in [-0.4, -0.2) is 34.3 Å². The lowest BCUT2D eigenvalue weighted by Crippen LogP contribution is -2.43. The van der Waals surface area contributed by atoms with E-state index in [4.69, 9.17) is 0 Å². The van der Waals surface area contributed by atoms with Crippen molar-refractivity contribution in [1.29, 1.82) is 0 Å². The highest BCUT2D eigenvalue weighted by molar-refractivity contribution is 7.84. The van der Waals surface area contributed by atoms with E-state index in [0.717, 1.165) is 0 Å². The van der Waals surface area contributed by atoms with Crippen LogP contribution < -0.4 is 4.72 Å². The van der Waals surface area contributed by atoms with Gasteiger partial charge < -0.3 is 5.11 Å². The first kappa shape index (κ1) is 16.8. The predicted molar refractivity (Wildman–Crippen MR) is 77.6 cm³/mol. The van der Waals surface area contributed by atoms with Gasteiger partial charge in [0.1, 0.15) is 14.2 Å². The molecule has 5 heteroatoms. The first-order valence-electron chi connectivity index (χ1n) is 5.82. The zero-order valence-electron chi connectivity index (χ0n) is 11.9. The molecule has 0 aromatic heterocycles. The fourth-order valence-corrected chi connectivity index (χ4v) is 2.23. The van der Waals surface area contributed by atoms with E-state index in [1.54, 1.807) is 6.92 Å². The van der Waals surface area contributed by atoms with Gasteiger partial charge in [0.15, 0.2) is 0 Å². The second-order valence-electron chi connectivity index (χ2n) is 6.25. The Morgan fingerprint density at radius 3 is 2.12 bits per heavy atom. The highest BCUT2D eigenvalue weighted by Gasteiger charge is 2.23. The summed E-state index contributed by atoms with van der Waals surface area (Å²) in [5.41, 5.74) is 3.11. The van der Waals surface area contributed by atoms with Crippen molar-refractivity contribution in [3.8, 4) is 11.5 Å². The third kappa shape index (κ3) is 7.71. The molecule has 0 fully saturated rings. The molecule has 0 spiro atoms. The lowest BCUT2D eigenvalue weighted by Gasteiger charge is -2.23. The van der Waals surface area contributed by atoms with Crippen molar-refractivity contribution >= 4 is 19.1 Å². The Balaban J connectivity index is 4.47. The van der Waals surface area contributed by atoms with Gasteiger partial charge in [0, 0.05) is 0 Å². The summed E-state index contributed by atoms with van der Waals surface area (Å²) in [5, 5.41) is 9.85. The van der Waals surface area contributed by atoms with Crippen molar-refractivity contribution in [1.82, 2.24) is 4.72 Å². The molecule has 0 bridgehead atoms. The van der Waals surface area contributed by atoms with E-state index in [-0.39, 0.29) is 10.8 Å². The lowest BCUT2D eigenvalue weighted by molar-refractivity contribution is 0.200. The molecule has 3 atom stereocenters. The molecule has 0 heterocycles. The van der Waals surface area contributed by atoms with Gasteiger partial charge in [-0.05, 0) is 27.7 Å². The fourth-order valence-electron chi connectivity index (χ4n) is 0.826. The Morgan fingerprint density at radius 2 is 1.76 bits per heavy atom. The Morgan fingerprint density at radius 1 is 1.29 bits per heavy atom. The summed E-state index contributed by atoms with van der Waals surface area (Å²) in [6.45, 7) is 13.8. The second-order valence-corrected chi connectivity index (χ2v) is 13.0. The van der Waals surface area contributed by atoms with Crippen LogP contribution in [-0.2, 0) is 11.0 Å². The minimum absolute atomic E-state index is 0.293. The van der Waals surface area contributed by atoms with Gasteiger partial charge in [-0.3, -0.25) is 0 Å². The number of hydrogen-bond donors (Lipinski definition) is 2. The highest BCUT2D eigenvalue weighted by atomic mass is 32.2. The zero-order valence-corrected chi connectivity index (χ0v) is 13.7. The predicted octanol–water partition coefficient (Wildman–Crippen LogP) is 1.67. The van der Waals surface area contributed by atoms with Crippen molar-refractivity contribution in [3.05, 3.63) is 0 Å². The van der Waals surface area contributed by atoms with Gasteiger partial charge in [-0.15, -0.1) is 5.54 Å². The highest BCUT2D eigenvalue weighted by Crippen LogP contribution is 2.10. The first-order valence-corrected chi connectivity index (χ1v) is 10.5. The van der Waals surface area contributed by atoms with Crippen LogP contribution >= 0.6 is 0 Å². The van der Waals surface area contributed by atoms with Crippen LogP contribution in [0.15, 0.2) is 0 Å². The summed E-state index contributed by atoms with van der Waals surface area (Å²) in [7, 11) is -2.65. The van der Waals surface area contributed by atoms with Crippen LogP contribution in [0.1, 0.15) is 27.7 Å². The summed E-state index contributed by atoms with van der Waals surface area (Å²) in [6, 6.07) is -0.293. The average molecular weight is 275 g/mol. The van der Waals surface area contributed by atoms with Crippen LogP contribution in [0.3, 0.4) is 0 Å². The van der Waals surface area contributed by atoms with E-state index < -0.39 is 25.2 Å². The minimum Gasteiger partial charge on any atom is -0.379 e. The van der Waals surface area contributed by atoms with E-state index in [1.807, 2.05) is 20.8 Å². The van der Waals surface area contributed by atoms with Gasteiger partial charge in [-0.1, -0.05) is 25.6 Å². The van der Waals surface area contributed by atoms with E-state index in [2.05, 4.69) is 35.8 Å². The van der Waals surface area contributed by atoms with Gasteiger partial charge in [0.2, 0.25) is 0 Å². The monoisotopic (exact) mass is 275 g/mol. The quantitative estimate of drug-likeness (QED) is 0.608. The van der Waals surface area contributed by atoms with Crippen molar-refractivity contribution in [3.63, 3.8) is 0 Å². The maximum absolute atomic E-state index is 11.8. The normalized spacial score (nSPS) is 17.9. The largest absolute Gasteiger partial charge is 0.379 e. The van der Waals surface area contributed by atoms with E-state index in [0.29, 0.717) is 0 Å². The van der Waals surface area contributed by atoms with Crippen molar-refractivity contribution in [2.45, 2.75) is 64.2 Å². The summed E-state index contributed by atoms with van der Waals surface area (Å²) in [6.07, 6.45) is -0.770. The number of rotatable bonds is 3. The zero-order chi connectivity index (χ0) is 13.9. The molecule has 0 amide bonds. The molecule has 0 aliphatic rings. The summed E-state index contributed by atoms with van der Waals surface area (Å²) in [4.78, 5) is 0. The van der Waals surface area contributed by atoms with Crippen molar-refractivity contribution in [2.24, 2.45) is 0 Å². The molecular formula is C12H25NO2SSi. The van der Waals surface area contributed by atoms with E-state index >= 15 is 0 Å². The third-order valence-corrected chi connectivity index (χ3v) is 4.51. The van der Waals surface area contributed by atoms with Crippen LogP contribution in [0.5, 0.6) is 0 Å². The summed E-state index contributed by atoms with van der Waals surface area (Å²) < 4.78 is 14.4. The molecule has 100 valence electrons. The summed E-state index contributed by atoms with van der Waals surface area (Å²) in [5.74, 6) is 2.85. The summed E-state index contributed by atoms with van der Waals surface area (Å²) >= 11 is 0. The maximum atomic E-state index is 11.8. The molecule has 17 heavy (non-hydrogen) atoms. The first-order chi connectivity index (χ1) is 7.43. The molecule has 0 radical (unpaired) electrons. The minimum atomic E-state index is -1.47. The molecule has 0 aromatic carbocycles. The van der Waals surface area contributed by atoms with Gasteiger partial charge in [0.25, 0.3) is 0 Å². The number of aliphatic hydroxyl groups excluding tert-OH is 1. The molecule has 2 N–H and O–H groups in total. The fraction of sp³-hybridized carbons (Fsp3) is 0.833. The van der Waals surface area contributed by atoms with Crippen LogP contribution in [0.4, 0.5) is 0 Å². The second kappa shape index (κ2) is 6.14. The topological polar surface area (TPSA) is 49.3 Å². The molecule has 0 aromatic rings. The van der Waals surface area contributed by atoms with Crippen LogP contribution in [0.25, 0.3) is 0 Å². The number of hydrogen-bond acceptors (Lipinski definition) is 2. The van der Waals surface area contributed by atoms with E-state index in [1.165, 1.54) is 0 Å². The molecular weight excluding hydrogens is 250 g/mol. The molecule has 0 saturated heterocycles. The van der Waals surface area contributed by atoms with Crippen LogP contribution in [0, 0.1) is 11.5 Å². The van der Waals surface area contributed by atoms with Gasteiger partial charge >= 0.3 is 0 Å². The SMILES string of the molecule is C[C@H](NS(=O)C(C)(C)C)[C@H](O)C#C[Si](C)(C)C. The van der Waals surface area contributed by atoms with Gasteiger partial charge in [-0.2, -0.15) is 0 Å².